The Bertz CT molecular complexity index is 1230. The molecule has 0 bridgehead atoms. The van der Waals surface area contributed by atoms with Gasteiger partial charge in [0.25, 0.3) is 0 Å². The van der Waals surface area contributed by atoms with E-state index in [1.54, 1.807) is 30.5 Å². The third-order valence-corrected chi connectivity index (χ3v) is 7.60. The van der Waals surface area contributed by atoms with Crippen molar-refractivity contribution in [1.29, 1.82) is 0 Å². The van der Waals surface area contributed by atoms with Crippen LogP contribution in [0.5, 0.6) is 5.75 Å². The highest BCUT2D eigenvalue weighted by Gasteiger charge is 2.64. The van der Waals surface area contributed by atoms with Crippen LogP contribution < -0.4 is 4.74 Å². The van der Waals surface area contributed by atoms with Crippen molar-refractivity contribution >= 4 is 12.0 Å². The molecule has 1 unspecified atom stereocenters. The maximum atomic E-state index is 13.3. The molecule has 1 spiro atoms. The van der Waals surface area contributed by atoms with Gasteiger partial charge in [-0.15, -0.1) is 0 Å². The summed E-state index contributed by atoms with van der Waals surface area (Å²) in [6, 6.07) is 19.3. The van der Waals surface area contributed by atoms with Crippen LogP contribution in [0.4, 0.5) is 4.79 Å². The standard InChI is InChI=1S/C28H30N4O4/c1-27(22-9-4-3-5-10-22)28(36-26(34)32(27)20-24-29-14-7-15-30-24)12-16-31(17-13-28)25(33)19-21-8-6-11-23(18-21)35-2/h3-11,14-15,18H,12-13,16-17,19-20H2,1-2H3. The fourth-order valence-electron chi connectivity index (χ4n) is 5.48. The van der Waals surface area contributed by atoms with Crippen molar-refractivity contribution < 1.29 is 19.1 Å². The number of aromatic nitrogens is 2. The first-order valence-corrected chi connectivity index (χ1v) is 12.2. The number of amides is 2. The van der Waals surface area contributed by atoms with Crippen molar-refractivity contribution in [2.24, 2.45) is 0 Å². The summed E-state index contributed by atoms with van der Waals surface area (Å²) >= 11 is 0. The van der Waals surface area contributed by atoms with Crippen LogP contribution in [0.3, 0.4) is 0 Å². The molecule has 0 saturated carbocycles. The fourth-order valence-corrected chi connectivity index (χ4v) is 5.48. The summed E-state index contributed by atoms with van der Waals surface area (Å²) in [6.45, 7) is 3.32. The van der Waals surface area contributed by atoms with Gasteiger partial charge in [0, 0.05) is 38.3 Å². The summed E-state index contributed by atoms with van der Waals surface area (Å²) in [5.74, 6) is 1.34. The molecule has 5 rings (SSSR count). The average Bonchev–Trinajstić information content (AvgIpc) is 3.12. The van der Waals surface area contributed by atoms with Gasteiger partial charge in [0.15, 0.2) is 0 Å². The smallest absolute Gasteiger partial charge is 0.411 e. The van der Waals surface area contributed by atoms with Crippen LogP contribution in [-0.2, 0) is 28.0 Å². The summed E-state index contributed by atoms with van der Waals surface area (Å²) in [7, 11) is 1.62. The third-order valence-electron chi connectivity index (χ3n) is 7.60. The van der Waals surface area contributed by atoms with E-state index in [9.17, 15) is 9.59 Å². The molecular weight excluding hydrogens is 456 g/mol. The van der Waals surface area contributed by atoms with Gasteiger partial charge < -0.3 is 14.4 Å². The molecule has 3 aromatic rings. The van der Waals surface area contributed by atoms with Crippen molar-refractivity contribution in [3.63, 3.8) is 0 Å². The minimum absolute atomic E-state index is 0.0541. The van der Waals surface area contributed by atoms with E-state index in [0.29, 0.717) is 38.2 Å². The van der Waals surface area contributed by atoms with Gasteiger partial charge in [-0.05, 0) is 36.2 Å². The van der Waals surface area contributed by atoms with E-state index in [1.807, 2.05) is 59.5 Å². The predicted molar refractivity (Wildman–Crippen MR) is 133 cm³/mol. The van der Waals surface area contributed by atoms with Gasteiger partial charge in [-0.2, -0.15) is 0 Å². The molecule has 3 heterocycles. The Morgan fingerprint density at radius 3 is 2.44 bits per heavy atom. The molecule has 36 heavy (non-hydrogen) atoms. The molecule has 2 fully saturated rings. The molecule has 0 radical (unpaired) electrons. The Morgan fingerprint density at radius 2 is 1.75 bits per heavy atom. The monoisotopic (exact) mass is 486 g/mol. The Morgan fingerprint density at radius 1 is 1.03 bits per heavy atom. The molecule has 8 nitrogen and oxygen atoms in total. The lowest BCUT2D eigenvalue weighted by molar-refractivity contribution is -0.136. The van der Waals surface area contributed by atoms with Gasteiger partial charge in [0.05, 0.1) is 20.1 Å². The van der Waals surface area contributed by atoms with Crippen molar-refractivity contribution in [2.45, 2.75) is 43.9 Å². The zero-order valence-corrected chi connectivity index (χ0v) is 20.6. The normalized spacial score (nSPS) is 20.9. The largest absolute Gasteiger partial charge is 0.497 e. The van der Waals surface area contributed by atoms with Crippen LogP contribution in [0.15, 0.2) is 73.1 Å². The number of hydrogen-bond acceptors (Lipinski definition) is 6. The lowest BCUT2D eigenvalue weighted by atomic mass is 9.70. The lowest BCUT2D eigenvalue weighted by Crippen LogP contribution is -2.59. The van der Waals surface area contributed by atoms with Crippen molar-refractivity contribution in [1.82, 2.24) is 19.8 Å². The molecule has 0 aliphatic carbocycles. The molecule has 1 aromatic heterocycles. The van der Waals surface area contributed by atoms with Crippen molar-refractivity contribution in [3.05, 3.63) is 90.0 Å². The summed E-state index contributed by atoms with van der Waals surface area (Å²) in [5.41, 5.74) is 0.387. The van der Waals surface area contributed by atoms with Gasteiger partial charge in [-0.3, -0.25) is 9.69 Å². The molecule has 2 amide bonds. The molecule has 186 valence electrons. The number of carbonyl (C=O) groups excluding carboxylic acids is 2. The van der Waals surface area contributed by atoms with Gasteiger partial charge in [0.2, 0.25) is 5.91 Å². The second-order valence-electron chi connectivity index (χ2n) is 9.46. The van der Waals surface area contributed by atoms with Gasteiger partial charge in [0.1, 0.15) is 22.7 Å². The molecule has 2 aliphatic heterocycles. The number of methoxy groups -OCH3 is 1. The minimum Gasteiger partial charge on any atom is -0.497 e. The maximum Gasteiger partial charge on any atom is 0.411 e. The molecule has 2 aromatic carbocycles. The maximum absolute atomic E-state index is 13.3. The van der Waals surface area contributed by atoms with Crippen LogP contribution in [0.2, 0.25) is 0 Å². The quantitative estimate of drug-likeness (QED) is 0.525. The van der Waals surface area contributed by atoms with E-state index in [0.717, 1.165) is 16.9 Å². The van der Waals surface area contributed by atoms with Gasteiger partial charge in [-0.1, -0.05) is 42.5 Å². The lowest BCUT2D eigenvalue weighted by Gasteiger charge is -2.48. The summed E-state index contributed by atoms with van der Waals surface area (Å²) in [6.07, 6.45) is 4.35. The van der Waals surface area contributed by atoms with Crippen LogP contribution >= 0.6 is 0 Å². The topological polar surface area (TPSA) is 84.9 Å². The third kappa shape index (κ3) is 4.17. The van der Waals surface area contributed by atoms with E-state index in [1.165, 1.54) is 0 Å². The first-order valence-electron chi connectivity index (χ1n) is 12.2. The number of piperidine rings is 1. The SMILES string of the molecule is COc1cccc(CC(=O)N2CCC3(CC2)OC(=O)N(Cc2ncccn2)C3(C)c2ccccc2)c1. The highest BCUT2D eigenvalue weighted by atomic mass is 16.6. The van der Waals surface area contributed by atoms with Gasteiger partial charge >= 0.3 is 6.09 Å². The molecule has 0 N–H and O–H groups in total. The summed E-state index contributed by atoms with van der Waals surface area (Å²) < 4.78 is 11.5. The van der Waals surface area contributed by atoms with E-state index in [2.05, 4.69) is 16.9 Å². The van der Waals surface area contributed by atoms with E-state index < -0.39 is 11.1 Å². The first kappa shape index (κ1) is 23.8. The van der Waals surface area contributed by atoms with E-state index in [4.69, 9.17) is 9.47 Å². The minimum atomic E-state index is -0.771. The Kier molecular flexibility index (Phi) is 6.35. The molecule has 2 aliphatic rings. The number of benzene rings is 2. The number of likely N-dealkylation sites (tertiary alicyclic amines) is 1. The first-order chi connectivity index (χ1) is 17.4. The molecule has 8 heteroatoms. The predicted octanol–water partition coefficient (Wildman–Crippen LogP) is 3.96. The number of rotatable bonds is 6. The summed E-state index contributed by atoms with van der Waals surface area (Å²) in [4.78, 5) is 38.7. The Balaban J connectivity index is 1.38. The van der Waals surface area contributed by atoms with Gasteiger partial charge in [-0.25, -0.2) is 14.8 Å². The Hall–Kier alpha value is -3.94. The van der Waals surface area contributed by atoms with Crippen molar-refractivity contribution in [3.8, 4) is 5.75 Å². The van der Waals surface area contributed by atoms with Crippen LogP contribution in [0.25, 0.3) is 0 Å². The number of hydrogen-bond donors (Lipinski definition) is 0. The zero-order valence-electron chi connectivity index (χ0n) is 20.6. The number of ether oxygens (including phenoxy) is 2. The number of carbonyl (C=O) groups is 2. The van der Waals surface area contributed by atoms with Crippen LogP contribution in [0, 0.1) is 0 Å². The summed E-state index contributed by atoms with van der Waals surface area (Å²) in [5, 5.41) is 0. The highest BCUT2D eigenvalue weighted by molar-refractivity contribution is 5.79. The van der Waals surface area contributed by atoms with Crippen LogP contribution in [-0.4, -0.2) is 57.6 Å². The van der Waals surface area contributed by atoms with E-state index >= 15 is 0 Å². The second-order valence-corrected chi connectivity index (χ2v) is 9.46. The van der Waals surface area contributed by atoms with Crippen LogP contribution in [0.1, 0.15) is 36.7 Å². The van der Waals surface area contributed by atoms with E-state index in [-0.39, 0.29) is 18.5 Å². The number of nitrogens with zero attached hydrogens (tertiary/aromatic N) is 4. The molecule has 2 saturated heterocycles. The molecular formula is C28H30N4O4. The molecule has 1 atom stereocenters. The second kappa shape index (κ2) is 9.60. The Labute approximate surface area is 210 Å². The van der Waals surface area contributed by atoms with Crippen molar-refractivity contribution in [2.75, 3.05) is 20.2 Å². The average molecular weight is 487 g/mol. The highest BCUT2D eigenvalue weighted by Crippen LogP contribution is 2.52. The fraction of sp³-hybridized carbons (Fsp3) is 0.357. The zero-order chi connectivity index (χ0) is 25.2.